The van der Waals surface area contributed by atoms with Crippen LogP contribution in [0.4, 0.5) is 5.13 Å². The number of amides is 2. The van der Waals surface area contributed by atoms with Crippen molar-refractivity contribution in [3.05, 3.63) is 35.5 Å². The Balaban J connectivity index is 1.52. The number of anilines is 1. The van der Waals surface area contributed by atoms with E-state index >= 15 is 0 Å². The average molecular weight is 346 g/mol. The van der Waals surface area contributed by atoms with Crippen LogP contribution in [0.15, 0.2) is 29.9 Å². The molecule has 0 spiro atoms. The van der Waals surface area contributed by atoms with Crippen molar-refractivity contribution in [1.29, 1.82) is 0 Å². The number of carbonyl (C=O) groups excluding carboxylic acids is 2. The van der Waals surface area contributed by atoms with E-state index in [0.29, 0.717) is 30.5 Å². The Bertz CT molecular complexity index is 720. The maximum Gasteiger partial charge on any atom is 0.229 e. The van der Waals surface area contributed by atoms with E-state index in [9.17, 15) is 9.59 Å². The van der Waals surface area contributed by atoms with Crippen molar-refractivity contribution in [3.63, 3.8) is 0 Å². The van der Waals surface area contributed by atoms with Crippen molar-refractivity contribution in [2.45, 2.75) is 12.8 Å². The summed E-state index contributed by atoms with van der Waals surface area (Å²) in [6, 6.07) is 3.75. The van der Waals surface area contributed by atoms with E-state index in [1.807, 2.05) is 17.5 Å². The summed E-state index contributed by atoms with van der Waals surface area (Å²) >= 11 is 1.40. The van der Waals surface area contributed by atoms with Gasteiger partial charge in [-0.15, -0.1) is 11.3 Å². The zero-order valence-corrected chi connectivity index (χ0v) is 14.1. The van der Waals surface area contributed by atoms with Crippen LogP contribution >= 0.6 is 11.3 Å². The summed E-state index contributed by atoms with van der Waals surface area (Å²) < 4.78 is 5.19. The third kappa shape index (κ3) is 3.53. The number of methoxy groups -OCH3 is 1. The molecule has 1 saturated heterocycles. The Kier molecular flexibility index (Phi) is 5.05. The van der Waals surface area contributed by atoms with Crippen molar-refractivity contribution >= 4 is 28.3 Å². The molecule has 3 rings (SSSR count). The molecule has 1 aliphatic rings. The summed E-state index contributed by atoms with van der Waals surface area (Å²) in [6.07, 6.45) is 4.17. The van der Waals surface area contributed by atoms with Gasteiger partial charge in [-0.2, -0.15) is 0 Å². The number of hydrogen-bond donors (Lipinski definition) is 1. The van der Waals surface area contributed by atoms with Crippen molar-refractivity contribution in [1.82, 2.24) is 15.3 Å². The largest absolute Gasteiger partial charge is 0.481 e. The van der Waals surface area contributed by atoms with E-state index < -0.39 is 0 Å². The van der Waals surface area contributed by atoms with Crippen LogP contribution in [0, 0.1) is 5.92 Å². The van der Waals surface area contributed by atoms with E-state index in [0.717, 1.165) is 5.56 Å². The first-order valence-corrected chi connectivity index (χ1v) is 8.52. The lowest BCUT2D eigenvalue weighted by atomic mass is 10.1. The van der Waals surface area contributed by atoms with Crippen LogP contribution in [-0.4, -0.2) is 42.0 Å². The van der Waals surface area contributed by atoms with E-state index in [1.165, 1.54) is 11.3 Å². The van der Waals surface area contributed by atoms with Gasteiger partial charge in [0.05, 0.1) is 13.0 Å². The van der Waals surface area contributed by atoms with Crippen LogP contribution in [0.25, 0.3) is 0 Å². The number of aromatic nitrogens is 2. The lowest BCUT2D eigenvalue weighted by Gasteiger charge is -2.13. The predicted molar refractivity (Wildman–Crippen MR) is 90.1 cm³/mol. The van der Waals surface area contributed by atoms with Crippen LogP contribution < -0.4 is 15.0 Å². The molecular formula is C16H18N4O3S. The number of nitrogens with one attached hydrogen (secondary N) is 1. The van der Waals surface area contributed by atoms with Gasteiger partial charge in [0.15, 0.2) is 5.13 Å². The van der Waals surface area contributed by atoms with Gasteiger partial charge in [0, 0.05) is 42.8 Å². The molecule has 0 radical (unpaired) electrons. The Morgan fingerprint density at radius 1 is 1.46 bits per heavy atom. The minimum atomic E-state index is -0.336. The fraction of sp³-hybridized carbons (Fsp3) is 0.375. The molecule has 126 valence electrons. The normalized spacial score (nSPS) is 17.1. The maximum absolute atomic E-state index is 12.3. The summed E-state index contributed by atoms with van der Waals surface area (Å²) in [6.45, 7) is 0.858. The molecule has 7 nitrogen and oxygen atoms in total. The predicted octanol–water partition coefficient (Wildman–Crippen LogP) is 1.26. The minimum Gasteiger partial charge on any atom is -0.481 e. The van der Waals surface area contributed by atoms with Crippen molar-refractivity contribution in [2.75, 3.05) is 25.1 Å². The topological polar surface area (TPSA) is 84.4 Å². The molecule has 0 aromatic carbocycles. The number of hydrogen-bond acceptors (Lipinski definition) is 6. The monoisotopic (exact) mass is 346 g/mol. The number of ether oxygens (including phenoxy) is 1. The van der Waals surface area contributed by atoms with Crippen LogP contribution in [0.2, 0.25) is 0 Å². The maximum atomic E-state index is 12.3. The molecule has 2 aromatic heterocycles. The molecule has 3 heterocycles. The molecule has 1 N–H and O–H groups in total. The molecular weight excluding hydrogens is 328 g/mol. The van der Waals surface area contributed by atoms with Crippen LogP contribution in [0.3, 0.4) is 0 Å². The summed E-state index contributed by atoms with van der Waals surface area (Å²) in [5.41, 5.74) is 0.937. The fourth-order valence-electron chi connectivity index (χ4n) is 2.68. The molecule has 8 heteroatoms. The summed E-state index contributed by atoms with van der Waals surface area (Å²) in [5, 5.41) is 5.36. The summed E-state index contributed by atoms with van der Waals surface area (Å²) in [5.74, 6) is 0.0687. The van der Waals surface area contributed by atoms with Crippen molar-refractivity contribution in [2.24, 2.45) is 5.92 Å². The van der Waals surface area contributed by atoms with Gasteiger partial charge in [-0.3, -0.25) is 14.5 Å². The highest BCUT2D eigenvalue weighted by Crippen LogP contribution is 2.26. The highest BCUT2D eigenvalue weighted by molar-refractivity contribution is 7.13. The van der Waals surface area contributed by atoms with E-state index in [2.05, 4.69) is 15.3 Å². The smallest absolute Gasteiger partial charge is 0.229 e. The molecule has 0 bridgehead atoms. The zero-order chi connectivity index (χ0) is 16.9. The van der Waals surface area contributed by atoms with Crippen molar-refractivity contribution in [3.8, 4) is 5.88 Å². The Morgan fingerprint density at radius 3 is 3.08 bits per heavy atom. The first-order chi connectivity index (χ1) is 11.7. The Hall–Kier alpha value is -2.48. The zero-order valence-electron chi connectivity index (χ0n) is 13.3. The van der Waals surface area contributed by atoms with Gasteiger partial charge in [0.1, 0.15) is 0 Å². The molecule has 2 amide bonds. The second-order valence-electron chi connectivity index (χ2n) is 5.43. The van der Waals surface area contributed by atoms with Gasteiger partial charge in [-0.05, 0) is 12.5 Å². The highest BCUT2D eigenvalue weighted by atomic mass is 32.1. The van der Waals surface area contributed by atoms with Crippen molar-refractivity contribution < 1.29 is 14.3 Å². The van der Waals surface area contributed by atoms with E-state index in [1.54, 1.807) is 24.4 Å². The fourth-order valence-corrected chi connectivity index (χ4v) is 3.35. The number of rotatable bonds is 6. The van der Waals surface area contributed by atoms with Gasteiger partial charge in [-0.25, -0.2) is 9.97 Å². The molecule has 1 unspecified atom stereocenters. The lowest BCUT2D eigenvalue weighted by Crippen LogP contribution is -2.34. The average Bonchev–Trinajstić information content (AvgIpc) is 3.24. The van der Waals surface area contributed by atoms with E-state index in [4.69, 9.17) is 4.74 Å². The number of carbonyl (C=O) groups is 2. The third-order valence-electron chi connectivity index (χ3n) is 3.88. The quantitative estimate of drug-likeness (QED) is 0.851. The Labute approximate surface area is 143 Å². The molecule has 1 atom stereocenters. The van der Waals surface area contributed by atoms with Crippen LogP contribution in [0.5, 0.6) is 5.88 Å². The highest BCUT2D eigenvalue weighted by Gasteiger charge is 2.35. The Morgan fingerprint density at radius 2 is 2.33 bits per heavy atom. The number of thiazole rings is 1. The standard InChI is InChI=1S/C16H18N4O3S/c1-23-15-11(3-2-5-18-15)4-6-17-14(22)12-9-13(21)20(10-12)16-19-7-8-24-16/h2-3,5,7-8,12H,4,6,9-10H2,1H3,(H,17,22). The van der Waals surface area contributed by atoms with Gasteiger partial charge in [-0.1, -0.05) is 6.07 Å². The van der Waals surface area contributed by atoms with Gasteiger partial charge < -0.3 is 10.1 Å². The first-order valence-electron chi connectivity index (χ1n) is 7.64. The summed E-state index contributed by atoms with van der Waals surface area (Å²) in [4.78, 5) is 34.2. The van der Waals surface area contributed by atoms with Gasteiger partial charge >= 0.3 is 0 Å². The SMILES string of the molecule is COc1ncccc1CCNC(=O)C1CC(=O)N(c2nccs2)C1. The minimum absolute atomic E-state index is 0.0565. The number of pyridine rings is 1. The molecule has 2 aromatic rings. The molecule has 1 aliphatic heterocycles. The second-order valence-corrected chi connectivity index (χ2v) is 6.31. The number of nitrogens with zero attached hydrogens (tertiary/aromatic N) is 3. The molecule has 0 aliphatic carbocycles. The van der Waals surface area contributed by atoms with Crippen LogP contribution in [-0.2, 0) is 16.0 Å². The summed E-state index contributed by atoms with van der Waals surface area (Å²) in [7, 11) is 1.57. The van der Waals surface area contributed by atoms with E-state index in [-0.39, 0.29) is 24.2 Å². The first kappa shape index (κ1) is 16.4. The molecule has 0 saturated carbocycles. The third-order valence-corrected chi connectivity index (χ3v) is 4.68. The van der Waals surface area contributed by atoms with Gasteiger partial charge in [0.2, 0.25) is 17.7 Å². The van der Waals surface area contributed by atoms with Crippen LogP contribution in [0.1, 0.15) is 12.0 Å². The molecule has 24 heavy (non-hydrogen) atoms. The van der Waals surface area contributed by atoms with Gasteiger partial charge in [0.25, 0.3) is 0 Å². The molecule has 1 fully saturated rings. The lowest BCUT2D eigenvalue weighted by molar-refractivity contribution is -0.126. The second kappa shape index (κ2) is 7.39.